The normalized spacial score (nSPS) is 33.6. The average molecular weight is 456 g/mol. The fourth-order valence-electron chi connectivity index (χ4n) is 6.10. The van der Waals surface area contributed by atoms with E-state index in [0.717, 1.165) is 49.3 Å². The smallest absolute Gasteiger partial charge is 0.127 e. The van der Waals surface area contributed by atoms with Crippen LogP contribution in [-0.4, -0.2) is 23.6 Å². The summed E-state index contributed by atoms with van der Waals surface area (Å²) in [4.78, 5) is 4.60. The molecule has 4 rings (SSSR count). The molecule has 0 aromatic rings. The lowest BCUT2D eigenvalue weighted by molar-refractivity contribution is -0.0267. The van der Waals surface area contributed by atoms with Gasteiger partial charge in [-0.1, -0.05) is 42.8 Å². The molecule has 0 aromatic carbocycles. The number of hydrogen-bond acceptors (Lipinski definition) is 4. The lowest BCUT2D eigenvalue weighted by Crippen LogP contribution is -2.46. The molecule has 0 amide bonds. The van der Waals surface area contributed by atoms with Gasteiger partial charge in [0, 0.05) is 34.5 Å². The standard InChI is InChI=1S/C27H38ClN3O/c1-27(24(6-4-17-29)26(32)31-21-10-8-20(28)9-11-21)15-12-19(13-16-27)22-14-18-30-25-7-3-2-5-23(22)25/h2-3,5,7-8,10,14,18-19,22-24,26,31-32H,4,6,9,11-13,15-17,29H2,1H3. The van der Waals surface area contributed by atoms with Gasteiger partial charge in [0.2, 0.25) is 0 Å². The van der Waals surface area contributed by atoms with Crippen molar-refractivity contribution in [3.8, 4) is 0 Å². The van der Waals surface area contributed by atoms with E-state index in [1.165, 1.54) is 18.6 Å². The van der Waals surface area contributed by atoms with Gasteiger partial charge < -0.3 is 16.2 Å². The molecule has 0 bridgehead atoms. The molecule has 4 aliphatic rings. The van der Waals surface area contributed by atoms with Crippen molar-refractivity contribution in [2.24, 2.45) is 39.8 Å². The van der Waals surface area contributed by atoms with E-state index in [4.69, 9.17) is 17.3 Å². The third kappa shape index (κ3) is 5.30. The molecule has 1 aliphatic heterocycles. The summed E-state index contributed by atoms with van der Waals surface area (Å²) in [5, 5.41) is 15.5. The summed E-state index contributed by atoms with van der Waals surface area (Å²) >= 11 is 6.11. The highest BCUT2D eigenvalue weighted by molar-refractivity contribution is 6.29. The summed E-state index contributed by atoms with van der Waals surface area (Å²) in [5.41, 5.74) is 8.25. The number of aliphatic imine (C=N–C) groups is 1. The van der Waals surface area contributed by atoms with E-state index in [0.29, 0.717) is 24.3 Å². The van der Waals surface area contributed by atoms with Gasteiger partial charge in [-0.3, -0.25) is 4.99 Å². The maximum atomic E-state index is 11.3. The van der Waals surface area contributed by atoms with Crippen molar-refractivity contribution in [1.29, 1.82) is 0 Å². The lowest BCUT2D eigenvalue weighted by atomic mass is 9.60. The molecule has 1 saturated carbocycles. The molecule has 4 N–H and O–H groups in total. The molecule has 4 atom stereocenters. The molecule has 0 saturated heterocycles. The zero-order chi connectivity index (χ0) is 22.6. The molecule has 1 fully saturated rings. The molecule has 4 nitrogen and oxygen atoms in total. The molecular weight excluding hydrogens is 418 g/mol. The van der Waals surface area contributed by atoms with E-state index in [1.807, 2.05) is 18.4 Å². The van der Waals surface area contributed by atoms with Crippen LogP contribution in [0.15, 0.2) is 64.5 Å². The second-order valence-electron chi connectivity index (χ2n) is 10.2. The number of halogens is 1. The molecule has 1 heterocycles. The number of fused-ring (bicyclic) bond motifs is 1. The summed E-state index contributed by atoms with van der Waals surface area (Å²) in [5.74, 6) is 1.80. The second-order valence-corrected chi connectivity index (χ2v) is 10.7. The van der Waals surface area contributed by atoms with E-state index in [2.05, 4.69) is 47.6 Å². The topological polar surface area (TPSA) is 70.6 Å². The number of nitrogens with one attached hydrogen (secondary N) is 1. The molecular formula is C27H38ClN3O. The summed E-state index contributed by atoms with van der Waals surface area (Å²) in [6, 6.07) is 0. The summed E-state index contributed by atoms with van der Waals surface area (Å²) in [7, 11) is 0. The lowest BCUT2D eigenvalue weighted by Gasteiger charge is -2.47. The fraction of sp³-hybridized carbons (Fsp3) is 0.593. The summed E-state index contributed by atoms with van der Waals surface area (Å²) in [6.45, 7) is 3.05. The first-order chi connectivity index (χ1) is 15.5. The van der Waals surface area contributed by atoms with Crippen LogP contribution < -0.4 is 11.1 Å². The number of nitrogens with zero attached hydrogens (tertiary/aromatic N) is 1. The number of allylic oxidation sites excluding steroid dienone is 9. The van der Waals surface area contributed by atoms with Crippen LogP contribution in [-0.2, 0) is 0 Å². The van der Waals surface area contributed by atoms with Crippen LogP contribution in [0.3, 0.4) is 0 Å². The molecule has 174 valence electrons. The minimum Gasteiger partial charge on any atom is -0.374 e. The van der Waals surface area contributed by atoms with Crippen molar-refractivity contribution in [3.05, 3.63) is 59.5 Å². The highest BCUT2D eigenvalue weighted by Crippen LogP contribution is 2.50. The van der Waals surface area contributed by atoms with Crippen LogP contribution in [0.1, 0.15) is 58.3 Å². The van der Waals surface area contributed by atoms with Crippen molar-refractivity contribution < 1.29 is 5.11 Å². The molecule has 4 unspecified atom stereocenters. The van der Waals surface area contributed by atoms with Crippen LogP contribution in [0.2, 0.25) is 0 Å². The predicted octanol–water partition coefficient (Wildman–Crippen LogP) is 5.57. The van der Waals surface area contributed by atoms with E-state index in [1.54, 1.807) is 0 Å². The third-order valence-electron chi connectivity index (χ3n) is 8.13. The molecule has 3 aliphatic carbocycles. The highest BCUT2D eigenvalue weighted by atomic mass is 35.5. The Morgan fingerprint density at radius 2 is 2.03 bits per heavy atom. The Morgan fingerprint density at radius 3 is 2.75 bits per heavy atom. The van der Waals surface area contributed by atoms with Crippen LogP contribution in [0.4, 0.5) is 0 Å². The molecule has 0 aromatic heterocycles. The first kappa shape index (κ1) is 23.5. The Morgan fingerprint density at radius 1 is 1.22 bits per heavy atom. The van der Waals surface area contributed by atoms with Gasteiger partial charge in [-0.05, 0) is 93.4 Å². The van der Waals surface area contributed by atoms with Crippen LogP contribution in [0.5, 0.6) is 0 Å². The largest absolute Gasteiger partial charge is 0.374 e. The van der Waals surface area contributed by atoms with Crippen molar-refractivity contribution in [3.63, 3.8) is 0 Å². The van der Waals surface area contributed by atoms with Gasteiger partial charge in [-0.25, -0.2) is 0 Å². The van der Waals surface area contributed by atoms with Gasteiger partial charge in [-0.2, -0.15) is 0 Å². The third-order valence-corrected chi connectivity index (χ3v) is 8.44. The minimum absolute atomic E-state index is 0.110. The van der Waals surface area contributed by atoms with Crippen molar-refractivity contribution >= 4 is 17.3 Å². The monoisotopic (exact) mass is 455 g/mol. The minimum atomic E-state index is -0.556. The number of nitrogens with two attached hydrogens (primary N) is 1. The highest BCUT2D eigenvalue weighted by Gasteiger charge is 2.43. The van der Waals surface area contributed by atoms with Crippen LogP contribution >= 0.6 is 11.6 Å². The maximum absolute atomic E-state index is 11.3. The van der Waals surface area contributed by atoms with Crippen molar-refractivity contribution in [1.82, 2.24) is 5.32 Å². The molecule has 0 radical (unpaired) electrons. The van der Waals surface area contributed by atoms with E-state index in [9.17, 15) is 5.11 Å². The quantitative estimate of drug-likeness (QED) is 0.419. The van der Waals surface area contributed by atoms with Gasteiger partial charge in [0.25, 0.3) is 0 Å². The molecule has 5 heteroatoms. The zero-order valence-electron chi connectivity index (χ0n) is 19.2. The number of aliphatic hydroxyl groups is 1. The van der Waals surface area contributed by atoms with E-state index < -0.39 is 6.23 Å². The molecule has 0 spiro atoms. The van der Waals surface area contributed by atoms with Crippen molar-refractivity contribution in [2.75, 3.05) is 6.54 Å². The Kier molecular flexibility index (Phi) is 7.75. The maximum Gasteiger partial charge on any atom is 0.127 e. The predicted molar refractivity (Wildman–Crippen MR) is 134 cm³/mol. The van der Waals surface area contributed by atoms with Gasteiger partial charge in [0.1, 0.15) is 6.23 Å². The number of hydrogen-bond donors (Lipinski definition) is 3. The van der Waals surface area contributed by atoms with Crippen LogP contribution in [0, 0.1) is 29.1 Å². The zero-order valence-corrected chi connectivity index (χ0v) is 20.0. The molecule has 32 heavy (non-hydrogen) atoms. The average Bonchev–Trinajstić information content (AvgIpc) is 2.81. The summed E-state index contributed by atoms with van der Waals surface area (Å²) in [6.07, 6.45) is 24.7. The Hall–Kier alpha value is -1.62. The van der Waals surface area contributed by atoms with Crippen molar-refractivity contribution in [2.45, 2.75) is 64.5 Å². The first-order valence-electron chi connectivity index (χ1n) is 12.3. The SMILES string of the molecule is CC1(C(CCCN)C(O)NC2=CC=C(Cl)CC2)CCC(C2C=CN=C3C=CC=CC32)CC1. The summed E-state index contributed by atoms with van der Waals surface area (Å²) < 4.78 is 0. The van der Waals surface area contributed by atoms with Gasteiger partial charge in [-0.15, -0.1) is 0 Å². The number of rotatable bonds is 8. The van der Waals surface area contributed by atoms with Gasteiger partial charge in [0.15, 0.2) is 0 Å². The fourth-order valence-corrected chi connectivity index (χ4v) is 6.26. The van der Waals surface area contributed by atoms with Gasteiger partial charge >= 0.3 is 0 Å². The second kappa shape index (κ2) is 10.5. The Balaban J connectivity index is 1.41. The van der Waals surface area contributed by atoms with Crippen LogP contribution in [0.25, 0.3) is 0 Å². The van der Waals surface area contributed by atoms with E-state index >= 15 is 0 Å². The Labute approximate surface area is 198 Å². The van der Waals surface area contributed by atoms with Gasteiger partial charge in [0.05, 0.1) is 0 Å². The first-order valence-corrected chi connectivity index (χ1v) is 12.7. The Bertz CT molecular complexity index is 845. The number of aliphatic hydroxyl groups excluding tert-OH is 1. The van der Waals surface area contributed by atoms with E-state index in [-0.39, 0.29) is 11.3 Å².